The van der Waals surface area contributed by atoms with Crippen LogP contribution in [0.2, 0.25) is 0 Å². The first kappa shape index (κ1) is 65.6. The lowest BCUT2D eigenvalue weighted by molar-refractivity contribution is -0.0110. The van der Waals surface area contributed by atoms with Crippen molar-refractivity contribution in [3.05, 3.63) is 135 Å². The summed E-state index contributed by atoms with van der Waals surface area (Å²) in [5.41, 5.74) is 5.99. The highest BCUT2D eigenvalue weighted by Crippen LogP contribution is 2.34. The highest BCUT2D eigenvalue weighted by Gasteiger charge is 2.40. The molecule has 0 aliphatic rings. The van der Waals surface area contributed by atoms with Crippen molar-refractivity contribution in [2.24, 2.45) is 17.6 Å². The van der Waals surface area contributed by atoms with E-state index in [4.69, 9.17) is 15.2 Å². The SMILES string of the molecule is CCCN(CCC)C(=O)c1cc(C)cc(C(=O)OC(CCc2cc(F)cc(F)c2)(CN[C@@H](CO)[C@@H](C)CC)Nc2c(C(=O)O[C@H](CN[C@@H](CO)C(C)C)[C@@H](N)Cc3cc(F)cc(F)c3)cc(C)cc2C(=O)N(CCC)CCC)c1. The number of benzene rings is 4. The molecular formula is C61H86F4N6O8. The smallest absolute Gasteiger partial charge is 0.340 e. The first-order valence-electron chi connectivity index (χ1n) is 28.0. The van der Waals surface area contributed by atoms with Crippen LogP contribution in [0.3, 0.4) is 0 Å². The number of ether oxygens (including phenoxy) is 2. The minimum absolute atomic E-state index is 0.0121. The van der Waals surface area contributed by atoms with E-state index in [1.165, 1.54) is 12.1 Å². The van der Waals surface area contributed by atoms with Gasteiger partial charge in [0.2, 0.25) is 0 Å². The van der Waals surface area contributed by atoms with Gasteiger partial charge in [0.25, 0.3) is 11.8 Å². The summed E-state index contributed by atoms with van der Waals surface area (Å²) in [7, 11) is 0. The summed E-state index contributed by atoms with van der Waals surface area (Å²) in [6, 6.07) is 11.6. The van der Waals surface area contributed by atoms with E-state index >= 15 is 14.4 Å². The van der Waals surface area contributed by atoms with Gasteiger partial charge in [0.1, 0.15) is 29.4 Å². The molecule has 18 heteroatoms. The van der Waals surface area contributed by atoms with Gasteiger partial charge in [0.15, 0.2) is 5.72 Å². The van der Waals surface area contributed by atoms with Gasteiger partial charge in [-0.15, -0.1) is 0 Å². The van der Waals surface area contributed by atoms with Crippen LogP contribution in [0.15, 0.2) is 66.7 Å². The van der Waals surface area contributed by atoms with E-state index in [2.05, 4.69) is 16.0 Å². The molecule has 6 atom stereocenters. The van der Waals surface area contributed by atoms with E-state index in [9.17, 15) is 32.6 Å². The van der Waals surface area contributed by atoms with E-state index < -0.39 is 71.1 Å². The molecule has 436 valence electrons. The Morgan fingerprint density at radius 1 is 0.633 bits per heavy atom. The average molecular weight is 1110 g/mol. The third-order valence-corrected chi connectivity index (χ3v) is 14.1. The molecule has 0 radical (unpaired) electrons. The van der Waals surface area contributed by atoms with E-state index in [1.54, 1.807) is 41.8 Å². The molecule has 0 heterocycles. The van der Waals surface area contributed by atoms with Crippen molar-refractivity contribution in [2.45, 2.75) is 151 Å². The van der Waals surface area contributed by atoms with E-state index in [-0.39, 0.29) is 102 Å². The number of carbonyl (C=O) groups is 4. The number of aliphatic hydroxyl groups is 2. The van der Waals surface area contributed by atoms with Crippen LogP contribution in [-0.2, 0) is 22.3 Å². The van der Waals surface area contributed by atoms with Gasteiger partial charge < -0.3 is 51.2 Å². The fraction of sp³-hybridized carbons (Fsp3) is 0.541. The maximum Gasteiger partial charge on any atom is 0.340 e. The van der Waals surface area contributed by atoms with Crippen LogP contribution in [0.4, 0.5) is 23.2 Å². The predicted molar refractivity (Wildman–Crippen MR) is 301 cm³/mol. The number of rotatable bonds is 33. The molecular weight excluding hydrogens is 1020 g/mol. The maximum atomic E-state index is 15.3. The van der Waals surface area contributed by atoms with Crippen molar-refractivity contribution in [1.82, 2.24) is 20.4 Å². The second-order valence-corrected chi connectivity index (χ2v) is 21.3. The molecule has 2 amide bonds. The number of nitrogens with zero attached hydrogens (tertiary/aromatic N) is 2. The minimum atomic E-state index is -2.06. The van der Waals surface area contributed by atoms with Crippen molar-refractivity contribution >= 4 is 29.4 Å². The van der Waals surface area contributed by atoms with E-state index in [1.807, 2.05) is 55.4 Å². The Morgan fingerprint density at radius 2 is 1.14 bits per heavy atom. The molecule has 7 N–H and O–H groups in total. The third kappa shape index (κ3) is 19.4. The predicted octanol–water partition coefficient (Wildman–Crippen LogP) is 9.68. The number of aryl methyl sites for hydroxylation is 3. The number of nitrogens with one attached hydrogen (secondary N) is 3. The molecule has 0 saturated heterocycles. The van der Waals surface area contributed by atoms with Crippen LogP contribution in [0.1, 0.15) is 158 Å². The lowest BCUT2D eigenvalue weighted by Crippen LogP contribution is -2.55. The van der Waals surface area contributed by atoms with Gasteiger partial charge in [-0.3, -0.25) is 9.59 Å². The lowest BCUT2D eigenvalue weighted by Gasteiger charge is -2.39. The molecule has 0 aromatic heterocycles. The molecule has 79 heavy (non-hydrogen) atoms. The Balaban J connectivity index is 2.08. The van der Waals surface area contributed by atoms with Crippen molar-refractivity contribution < 1.29 is 56.4 Å². The highest BCUT2D eigenvalue weighted by atomic mass is 19.1. The van der Waals surface area contributed by atoms with Gasteiger partial charge in [-0.05, 0) is 141 Å². The first-order chi connectivity index (χ1) is 37.5. The summed E-state index contributed by atoms with van der Waals surface area (Å²) in [4.78, 5) is 63.1. The van der Waals surface area contributed by atoms with Gasteiger partial charge in [-0.1, -0.05) is 61.8 Å². The number of halogens is 4. The maximum absolute atomic E-state index is 15.3. The molecule has 0 bridgehead atoms. The normalized spacial score (nSPS) is 14.2. The molecule has 4 aromatic carbocycles. The first-order valence-corrected chi connectivity index (χ1v) is 28.0. The summed E-state index contributed by atoms with van der Waals surface area (Å²) >= 11 is 0. The second kappa shape index (κ2) is 31.8. The lowest BCUT2D eigenvalue weighted by atomic mass is 9.95. The zero-order valence-electron chi connectivity index (χ0n) is 48.0. The van der Waals surface area contributed by atoms with Crippen molar-refractivity contribution in [3.63, 3.8) is 0 Å². The number of anilines is 1. The number of carbonyl (C=O) groups excluding carboxylic acids is 4. The van der Waals surface area contributed by atoms with Crippen molar-refractivity contribution in [1.29, 1.82) is 0 Å². The Hall–Kier alpha value is -5.92. The van der Waals surface area contributed by atoms with Crippen molar-refractivity contribution in [3.8, 4) is 0 Å². The van der Waals surface area contributed by atoms with Crippen LogP contribution in [-0.4, -0.2) is 126 Å². The summed E-state index contributed by atoms with van der Waals surface area (Å²) in [5, 5.41) is 31.0. The van der Waals surface area contributed by atoms with Crippen LogP contribution < -0.4 is 21.7 Å². The Bertz CT molecular complexity index is 2590. The molecule has 14 nitrogen and oxygen atoms in total. The molecule has 0 spiro atoms. The number of amides is 2. The number of nitrogens with two attached hydrogens (primary N) is 1. The number of esters is 2. The third-order valence-electron chi connectivity index (χ3n) is 14.1. The monoisotopic (exact) mass is 1110 g/mol. The molecule has 4 aromatic rings. The Kier molecular flexibility index (Phi) is 26.4. The zero-order chi connectivity index (χ0) is 58.6. The van der Waals surface area contributed by atoms with Gasteiger partial charge in [0.05, 0.1) is 42.1 Å². The topological polar surface area (TPSA) is 196 Å². The highest BCUT2D eigenvalue weighted by molar-refractivity contribution is 6.07. The Morgan fingerprint density at radius 3 is 1.66 bits per heavy atom. The average Bonchev–Trinajstić information content (AvgIpc) is 3.44. The Labute approximate surface area is 465 Å². The molecule has 1 unspecified atom stereocenters. The van der Waals surface area contributed by atoms with Gasteiger partial charge in [-0.25, -0.2) is 27.2 Å². The summed E-state index contributed by atoms with van der Waals surface area (Å²) in [5.74, 6) is -6.34. The summed E-state index contributed by atoms with van der Waals surface area (Å²) < 4.78 is 72.1. The molecule has 0 saturated carbocycles. The number of aliphatic hydroxyl groups excluding tert-OH is 2. The zero-order valence-corrected chi connectivity index (χ0v) is 48.0. The fourth-order valence-electron chi connectivity index (χ4n) is 9.63. The number of hydrogen-bond donors (Lipinski definition) is 6. The number of hydrogen-bond acceptors (Lipinski definition) is 12. The van der Waals surface area contributed by atoms with E-state index in [0.29, 0.717) is 69.4 Å². The van der Waals surface area contributed by atoms with Crippen LogP contribution >= 0.6 is 0 Å². The quantitative estimate of drug-likeness (QED) is 0.0150. The molecule has 4 rings (SSSR count). The van der Waals surface area contributed by atoms with Gasteiger partial charge in [-0.2, -0.15) is 0 Å². The molecule has 0 aliphatic heterocycles. The second-order valence-electron chi connectivity index (χ2n) is 21.3. The van der Waals surface area contributed by atoms with Crippen LogP contribution in [0.5, 0.6) is 0 Å². The van der Waals surface area contributed by atoms with Crippen LogP contribution in [0.25, 0.3) is 0 Å². The van der Waals surface area contributed by atoms with Gasteiger partial charge in [0, 0.05) is 75.0 Å². The van der Waals surface area contributed by atoms with Gasteiger partial charge >= 0.3 is 11.9 Å². The minimum Gasteiger partial charge on any atom is -0.456 e. The molecule has 0 aliphatic carbocycles. The molecule has 0 fully saturated rings. The van der Waals surface area contributed by atoms with Crippen molar-refractivity contribution in [2.75, 3.05) is 57.8 Å². The van der Waals surface area contributed by atoms with Crippen LogP contribution in [0, 0.1) is 49.0 Å². The summed E-state index contributed by atoms with van der Waals surface area (Å²) in [6.45, 7) is 19.3. The largest absolute Gasteiger partial charge is 0.456 e. The van der Waals surface area contributed by atoms with E-state index in [0.717, 1.165) is 36.4 Å². The summed E-state index contributed by atoms with van der Waals surface area (Å²) in [6.07, 6.45) is 1.37. The standard InChI is InChI=1S/C61H86F4N6O8/c1-11-18-70(19-12-2)57(74)44-22-39(8)23-45(31-44)59(76)79-61(37-68-54(36-73)41(10)15-5,17-16-42-26-46(62)32-47(63)27-42)69-56-50(58(75)71(20-13-3)21-14-4)24-40(9)25-51(56)60(77)78-55(34-67-53(35-72)38(6)7)52(66)30-43-28-48(64)33-49(65)29-43/h22-29,31-33,38,41,52-55,67-69,72-73H,11-21,30,34-37,66H2,1-10H3/t41-,52-,53-,54-,55+,61?/m0/s1. The fourth-order valence-corrected chi connectivity index (χ4v) is 9.63.